The van der Waals surface area contributed by atoms with Crippen LogP contribution < -0.4 is 9.80 Å². The van der Waals surface area contributed by atoms with E-state index in [9.17, 15) is 4.79 Å². The zero-order valence-electron chi connectivity index (χ0n) is 13.9. The highest BCUT2D eigenvalue weighted by molar-refractivity contribution is 9.10. The van der Waals surface area contributed by atoms with Crippen molar-refractivity contribution in [3.8, 4) is 0 Å². The van der Waals surface area contributed by atoms with E-state index in [1.165, 1.54) is 24.2 Å². The molecular formula is C17H20BrN5OS. The molecule has 2 saturated heterocycles. The van der Waals surface area contributed by atoms with Crippen LogP contribution in [0.5, 0.6) is 0 Å². The zero-order valence-corrected chi connectivity index (χ0v) is 16.3. The van der Waals surface area contributed by atoms with Gasteiger partial charge in [-0.2, -0.15) is 0 Å². The molecule has 0 aromatic carbocycles. The molecule has 1 amide bonds. The van der Waals surface area contributed by atoms with Crippen LogP contribution in [0.2, 0.25) is 0 Å². The van der Waals surface area contributed by atoms with Gasteiger partial charge in [-0.25, -0.2) is 0 Å². The number of carbonyl (C=O) groups is 1. The van der Waals surface area contributed by atoms with Gasteiger partial charge in [0, 0.05) is 49.1 Å². The monoisotopic (exact) mass is 421 g/mol. The predicted octanol–water partition coefficient (Wildman–Crippen LogP) is 2.86. The van der Waals surface area contributed by atoms with Gasteiger partial charge in [-0.05, 0) is 47.0 Å². The Bertz CT molecular complexity index is 736. The lowest BCUT2D eigenvalue weighted by Gasteiger charge is -2.35. The summed E-state index contributed by atoms with van der Waals surface area (Å²) in [4.78, 5) is 19.7. The van der Waals surface area contributed by atoms with Crippen molar-refractivity contribution in [2.75, 3.05) is 49.1 Å². The van der Waals surface area contributed by atoms with Gasteiger partial charge in [0.15, 0.2) is 11.6 Å². The van der Waals surface area contributed by atoms with E-state index in [1.807, 2.05) is 16.3 Å². The van der Waals surface area contributed by atoms with Gasteiger partial charge in [0.1, 0.15) is 0 Å². The second-order valence-corrected chi connectivity index (χ2v) is 8.18. The normalized spacial score (nSPS) is 18.0. The van der Waals surface area contributed by atoms with E-state index >= 15 is 0 Å². The Morgan fingerprint density at radius 2 is 1.56 bits per heavy atom. The van der Waals surface area contributed by atoms with Gasteiger partial charge in [-0.15, -0.1) is 21.5 Å². The summed E-state index contributed by atoms with van der Waals surface area (Å²) in [7, 11) is 0. The summed E-state index contributed by atoms with van der Waals surface area (Å²) in [5.74, 6) is 1.98. The minimum atomic E-state index is 0.116. The molecule has 8 heteroatoms. The SMILES string of the molecule is O=C(c1cc(Br)cs1)N1CCN(c2ccc(N3CCCC3)nn2)CC1. The average Bonchev–Trinajstić information content (AvgIpc) is 3.33. The first-order chi connectivity index (χ1) is 12.2. The number of nitrogens with zero attached hydrogens (tertiary/aromatic N) is 5. The van der Waals surface area contributed by atoms with Crippen molar-refractivity contribution < 1.29 is 4.79 Å². The van der Waals surface area contributed by atoms with Crippen LogP contribution in [-0.2, 0) is 0 Å². The first kappa shape index (κ1) is 16.8. The Morgan fingerprint density at radius 3 is 2.08 bits per heavy atom. The molecule has 0 bridgehead atoms. The van der Waals surface area contributed by atoms with Crippen molar-refractivity contribution in [2.45, 2.75) is 12.8 Å². The second kappa shape index (κ2) is 7.29. The fourth-order valence-electron chi connectivity index (χ4n) is 3.32. The molecular weight excluding hydrogens is 402 g/mol. The van der Waals surface area contributed by atoms with Gasteiger partial charge in [0.2, 0.25) is 0 Å². The molecule has 0 aliphatic carbocycles. The lowest BCUT2D eigenvalue weighted by molar-refractivity contribution is 0.0751. The molecule has 0 N–H and O–H groups in total. The van der Waals surface area contributed by atoms with Crippen LogP contribution in [0.15, 0.2) is 28.1 Å². The Kier molecular flexibility index (Phi) is 4.89. The van der Waals surface area contributed by atoms with Gasteiger partial charge in [0.25, 0.3) is 5.91 Å². The van der Waals surface area contributed by atoms with E-state index in [-0.39, 0.29) is 5.91 Å². The average molecular weight is 422 g/mol. The number of carbonyl (C=O) groups excluding carboxylic acids is 1. The number of halogens is 1. The maximum absolute atomic E-state index is 12.5. The van der Waals surface area contributed by atoms with Crippen molar-refractivity contribution in [1.29, 1.82) is 0 Å². The van der Waals surface area contributed by atoms with Crippen molar-refractivity contribution in [1.82, 2.24) is 15.1 Å². The van der Waals surface area contributed by atoms with Gasteiger partial charge in [-0.3, -0.25) is 4.79 Å². The standard InChI is InChI=1S/C17H20BrN5OS/c18-13-11-14(25-12-13)17(24)23-9-7-22(8-10-23)16-4-3-15(19-20-16)21-5-1-2-6-21/h3-4,11-12H,1-2,5-10H2. The van der Waals surface area contributed by atoms with E-state index in [2.05, 4.69) is 48.1 Å². The van der Waals surface area contributed by atoms with Crippen LogP contribution in [-0.4, -0.2) is 60.3 Å². The molecule has 0 atom stereocenters. The summed E-state index contributed by atoms with van der Waals surface area (Å²) in [6.45, 7) is 5.15. The smallest absolute Gasteiger partial charge is 0.264 e. The summed E-state index contributed by atoms with van der Waals surface area (Å²) >= 11 is 4.89. The molecule has 0 spiro atoms. The van der Waals surface area contributed by atoms with Crippen molar-refractivity contribution in [3.05, 3.63) is 32.9 Å². The second-order valence-electron chi connectivity index (χ2n) is 6.35. The van der Waals surface area contributed by atoms with Crippen LogP contribution >= 0.6 is 27.3 Å². The van der Waals surface area contributed by atoms with Gasteiger partial charge < -0.3 is 14.7 Å². The van der Waals surface area contributed by atoms with Crippen LogP contribution in [0.25, 0.3) is 0 Å². The molecule has 2 aliphatic rings. The number of rotatable bonds is 3. The number of thiophene rings is 1. The largest absolute Gasteiger partial charge is 0.355 e. The van der Waals surface area contributed by atoms with Crippen molar-refractivity contribution >= 4 is 44.8 Å². The zero-order chi connectivity index (χ0) is 17.2. The minimum absolute atomic E-state index is 0.116. The summed E-state index contributed by atoms with van der Waals surface area (Å²) in [5, 5.41) is 10.7. The third-order valence-electron chi connectivity index (χ3n) is 4.74. The first-order valence-corrected chi connectivity index (χ1v) is 10.2. The van der Waals surface area contributed by atoms with Crippen LogP contribution in [0.4, 0.5) is 11.6 Å². The fourth-order valence-corrected chi connectivity index (χ4v) is 4.71. The molecule has 4 heterocycles. The van der Waals surface area contributed by atoms with Gasteiger partial charge in [0.05, 0.1) is 4.88 Å². The Labute approximate surface area is 159 Å². The molecule has 2 aliphatic heterocycles. The molecule has 0 saturated carbocycles. The lowest BCUT2D eigenvalue weighted by Crippen LogP contribution is -2.49. The highest BCUT2D eigenvalue weighted by Gasteiger charge is 2.24. The Balaban J connectivity index is 1.36. The number of aromatic nitrogens is 2. The third-order valence-corrected chi connectivity index (χ3v) is 6.41. The fraction of sp³-hybridized carbons (Fsp3) is 0.471. The van der Waals surface area contributed by atoms with E-state index in [0.29, 0.717) is 13.1 Å². The van der Waals surface area contributed by atoms with Gasteiger partial charge in [-0.1, -0.05) is 0 Å². The number of amides is 1. The summed E-state index contributed by atoms with van der Waals surface area (Å²) in [6, 6.07) is 6.00. The maximum Gasteiger partial charge on any atom is 0.264 e. The molecule has 4 rings (SSSR count). The van der Waals surface area contributed by atoms with Crippen molar-refractivity contribution in [3.63, 3.8) is 0 Å². The first-order valence-electron chi connectivity index (χ1n) is 8.58. The lowest BCUT2D eigenvalue weighted by atomic mass is 10.3. The van der Waals surface area contributed by atoms with Crippen molar-refractivity contribution in [2.24, 2.45) is 0 Å². The molecule has 2 fully saturated rings. The third kappa shape index (κ3) is 3.64. The molecule has 0 unspecified atom stereocenters. The number of hydrogen-bond donors (Lipinski definition) is 0. The predicted molar refractivity (Wildman–Crippen MR) is 104 cm³/mol. The quantitative estimate of drug-likeness (QED) is 0.762. The highest BCUT2D eigenvalue weighted by Crippen LogP contribution is 2.23. The van der Waals surface area contributed by atoms with Gasteiger partial charge >= 0.3 is 0 Å². The maximum atomic E-state index is 12.5. The minimum Gasteiger partial charge on any atom is -0.355 e. The summed E-state index contributed by atoms with van der Waals surface area (Å²) < 4.78 is 0.966. The Morgan fingerprint density at radius 1 is 0.960 bits per heavy atom. The highest BCUT2D eigenvalue weighted by atomic mass is 79.9. The number of hydrogen-bond acceptors (Lipinski definition) is 6. The summed E-state index contributed by atoms with van der Waals surface area (Å²) in [6.07, 6.45) is 2.47. The summed E-state index contributed by atoms with van der Waals surface area (Å²) in [5.41, 5.74) is 0. The molecule has 2 aromatic heterocycles. The number of piperazine rings is 1. The molecule has 25 heavy (non-hydrogen) atoms. The van der Waals surface area contributed by atoms with E-state index in [0.717, 1.165) is 47.2 Å². The molecule has 0 radical (unpaired) electrons. The van der Waals surface area contributed by atoms with Crippen LogP contribution in [0.1, 0.15) is 22.5 Å². The molecule has 6 nitrogen and oxygen atoms in total. The van der Waals surface area contributed by atoms with E-state index in [4.69, 9.17) is 0 Å². The Hall–Kier alpha value is -1.67. The molecule has 2 aromatic rings. The van der Waals surface area contributed by atoms with Crippen LogP contribution in [0, 0.1) is 0 Å². The topological polar surface area (TPSA) is 52.6 Å². The van der Waals surface area contributed by atoms with E-state index < -0.39 is 0 Å². The molecule has 132 valence electrons. The van der Waals surface area contributed by atoms with E-state index in [1.54, 1.807) is 0 Å². The van der Waals surface area contributed by atoms with Crippen LogP contribution in [0.3, 0.4) is 0 Å². The number of anilines is 2.